The fourth-order valence-corrected chi connectivity index (χ4v) is 2.80. The van der Waals surface area contributed by atoms with E-state index < -0.39 is 24.0 Å². The van der Waals surface area contributed by atoms with Crippen LogP contribution in [0, 0.1) is 5.92 Å². The van der Waals surface area contributed by atoms with Crippen molar-refractivity contribution in [2.45, 2.75) is 6.04 Å². The zero-order valence-corrected chi connectivity index (χ0v) is 13.7. The molecule has 1 aromatic rings. The van der Waals surface area contributed by atoms with Crippen molar-refractivity contribution in [3.63, 3.8) is 0 Å². The monoisotopic (exact) mass is 368 g/mol. The largest absolute Gasteiger partial charge is 0.463 e. The number of rotatable bonds is 5. The molecule has 1 saturated heterocycles. The fraction of sp³-hybridized carbons (Fsp3) is 0.333. The number of ether oxygens (including phenoxy) is 2. The molecular weight excluding hydrogens is 352 g/mol. The molecular formula is C15H17BrN2O4. The van der Waals surface area contributed by atoms with Gasteiger partial charge >= 0.3 is 12.0 Å². The van der Waals surface area contributed by atoms with Crippen molar-refractivity contribution in [3.05, 3.63) is 46.6 Å². The van der Waals surface area contributed by atoms with Crippen molar-refractivity contribution >= 4 is 27.9 Å². The predicted octanol–water partition coefficient (Wildman–Crippen LogP) is 2.12. The van der Waals surface area contributed by atoms with Gasteiger partial charge in [-0.05, 0) is 11.6 Å². The molecule has 2 amide bonds. The number of urea groups is 1. The normalized spacial score (nSPS) is 21.0. The summed E-state index contributed by atoms with van der Waals surface area (Å²) in [5.74, 6) is -1.18. The van der Waals surface area contributed by atoms with Gasteiger partial charge in [-0.15, -0.1) is 0 Å². The second-order valence-electron chi connectivity index (χ2n) is 4.76. The lowest BCUT2D eigenvalue weighted by Gasteiger charge is -2.33. The quantitative estimate of drug-likeness (QED) is 0.616. The molecule has 1 heterocycles. The molecule has 0 bridgehead atoms. The van der Waals surface area contributed by atoms with E-state index >= 15 is 0 Å². The zero-order valence-electron chi connectivity index (χ0n) is 12.1. The summed E-state index contributed by atoms with van der Waals surface area (Å²) < 4.78 is 10.8. The van der Waals surface area contributed by atoms with E-state index in [4.69, 9.17) is 9.47 Å². The van der Waals surface area contributed by atoms with Crippen LogP contribution in [-0.4, -0.2) is 32.3 Å². The summed E-state index contributed by atoms with van der Waals surface area (Å²) in [6, 6.07) is 6.43. The van der Waals surface area contributed by atoms with Crippen molar-refractivity contribution in [3.8, 4) is 0 Å². The molecule has 1 fully saturated rings. The zero-order chi connectivity index (χ0) is 16.1. The van der Waals surface area contributed by atoms with Gasteiger partial charge in [0.05, 0.1) is 12.6 Å². The number of nitrogens with one attached hydrogen (secondary N) is 2. The van der Waals surface area contributed by atoms with E-state index in [1.165, 1.54) is 7.11 Å². The number of hydrogen-bond acceptors (Lipinski definition) is 4. The summed E-state index contributed by atoms with van der Waals surface area (Å²) in [4.78, 5) is 24.1. The minimum Gasteiger partial charge on any atom is -0.463 e. The molecule has 1 aliphatic rings. The van der Waals surface area contributed by atoms with Gasteiger partial charge in [-0.25, -0.2) is 4.79 Å². The second-order valence-corrected chi connectivity index (χ2v) is 5.62. The first-order valence-corrected chi connectivity index (χ1v) is 7.50. The van der Waals surface area contributed by atoms with Crippen molar-refractivity contribution in [1.29, 1.82) is 0 Å². The summed E-state index contributed by atoms with van der Waals surface area (Å²) in [5.41, 5.74) is 1.10. The number of hydrogen-bond donors (Lipinski definition) is 2. The van der Waals surface area contributed by atoms with Crippen LogP contribution in [0.25, 0.3) is 0 Å². The van der Waals surface area contributed by atoms with E-state index in [0.717, 1.165) is 10.0 Å². The van der Waals surface area contributed by atoms with Gasteiger partial charge in [0.15, 0.2) is 0 Å². The van der Waals surface area contributed by atoms with Crippen molar-refractivity contribution in [2.75, 3.05) is 20.3 Å². The number of carbonyl (C=O) groups excluding carboxylic acids is 2. The lowest BCUT2D eigenvalue weighted by atomic mass is 9.89. The molecule has 0 saturated carbocycles. The van der Waals surface area contributed by atoms with E-state index in [1.807, 2.05) is 24.3 Å². The van der Waals surface area contributed by atoms with Crippen LogP contribution in [0.15, 0.2) is 41.0 Å². The maximum absolute atomic E-state index is 12.3. The maximum Gasteiger partial charge on any atom is 0.319 e. The third kappa shape index (κ3) is 3.66. The molecule has 0 unspecified atom stereocenters. The molecule has 2 rings (SSSR count). The Hall–Kier alpha value is -1.86. The smallest absolute Gasteiger partial charge is 0.319 e. The molecule has 0 aliphatic carbocycles. The standard InChI is InChI=1S/C15H17BrN2O4/c1-9-12(14(19)22-8-7-21-2)13(18-15(20)17-9)10-5-3-4-6-11(10)16/h3-6,12-13H,1,7-8H2,2H3,(H2,17,18,20)/t12-,13+/m1/s1. The van der Waals surface area contributed by atoms with Crippen LogP contribution < -0.4 is 10.6 Å². The molecule has 6 nitrogen and oxygen atoms in total. The summed E-state index contributed by atoms with van der Waals surface area (Å²) in [7, 11) is 1.53. The summed E-state index contributed by atoms with van der Waals surface area (Å²) >= 11 is 3.44. The van der Waals surface area contributed by atoms with Crippen LogP contribution in [-0.2, 0) is 14.3 Å². The molecule has 1 aliphatic heterocycles. The van der Waals surface area contributed by atoms with Gasteiger partial charge < -0.3 is 20.1 Å². The second kappa shape index (κ2) is 7.42. The number of carbonyl (C=O) groups is 2. The van der Waals surface area contributed by atoms with Crippen molar-refractivity contribution in [2.24, 2.45) is 5.92 Å². The van der Waals surface area contributed by atoms with E-state index in [9.17, 15) is 9.59 Å². The minimum atomic E-state index is -0.715. The Bertz CT molecular complexity index is 591. The molecule has 118 valence electrons. The average molecular weight is 369 g/mol. The Morgan fingerprint density at radius 2 is 2.09 bits per heavy atom. The van der Waals surface area contributed by atoms with Gasteiger partial charge in [0, 0.05) is 17.3 Å². The highest BCUT2D eigenvalue weighted by Crippen LogP contribution is 2.34. The van der Waals surface area contributed by atoms with Crippen molar-refractivity contribution < 1.29 is 19.1 Å². The van der Waals surface area contributed by atoms with Crippen molar-refractivity contribution in [1.82, 2.24) is 10.6 Å². The van der Waals surface area contributed by atoms with Crippen LogP contribution in [0.4, 0.5) is 4.79 Å². The van der Waals surface area contributed by atoms with Crippen LogP contribution >= 0.6 is 15.9 Å². The maximum atomic E-state index is 12.3. The van der Waals surface area contributed by atoms with Gasteiger partial charge in [-0.2, -0.15) is 0 Å². The number of amides is 2. The van der Waals surface area contributed by atoms with Gasteiger partial charge in [-0.3, -0.25) is 4.79 Å². The predicted molar refractivity (Wildman–Crippen MR) is 84.0 cm³/mol. The third-order valence-electron chi connectivity index (χ3n) is 3.30. The minimum absolute atomic E-state index is 0.149. The van der Waals surface area contributed by atoms with Crippen LogP contribution in [0.3, 0.4) is 0 Å². The Morgan fingerprint density at radius 1 is 1.36 bits per heavy atom. The Balaban J connectivity index is 2.26. The average Bonchev–Trinajstić information content (AvgIpc) is 2.47. The SMILES string of the molecule is C=C1NC(=O)N[C@@H](c2ccccc2Br)[C@@H]1C(=O)OCCOC. The molecule has 0 aromatic heterocycles. The summed E-state index contributed by atoms with van der Waals surface area (Å²) in [6.07, 6.45) is 0. The van der Waals surface area contributed by atoms with Gasteiger partial charge in [0.1, 0.15) is 12.5 Å². The lowest BCUT2D eigenvalue weighted by molar-refractivity contribution is -0.149. The van der Waals surface area contributed by atoms with E-state index in [1.54, 1.807) is 0 Å². The molecule has 22 heavy (non-hydrogen) atoms. The first-order valence-electron chi connectivity index (χ1n) is 6.71. The lowest BCUT2D eigenvalue weighted by Crippen LogP contribution is -2.51. The Labute approximate surface area is 137 Å². The first kappa shape index (κ1) is 16.5. The fourth-order valence-electron chi connectivity index (χ4n) is 2.26. The molecule has 0 radical (unpaired) electrons. The summed E-state index contributed by atoms with van der Waals surface area (Å²) in [6.45, 7) is 4.24. The Morgan fingerprint density at radius 3 is 2.77 bits per heavy atom. The summed E-state index contributed by atoms with van der Waals surface area (Å²) in [5, 5.41) is 5.28. The van der Waals surface area contributed by atoms with E-state index in [-0.39, 0.29) is 6.61 Å². The van der Waals surface area contributed by atoms with Gasteiger partial charge in [-0.1, -0.05) is 40.7 Å². The van der Waals surface area contributed by atoms with Gasteiger partial charge in [0.2, 0.25) is 0 Å². The number of methoxy groups -OCH3 is 1. The highest BCUT2D eigenvalue weighted by molar-refractivity contribution is 9.10. The van der Waals surface area contributed by atoms with Crippen LogP contribution in [0.5, 0.6) is 0 Å². The highest BCUT2D eigenvalue weighted by Gasteiger charge is 2.39. The molecule has 1 aromatic carbocycles. The number of esters is 1. The molecule has 2 atom stereocenters. The number of halogens is 1. The van der Waals surface area contributed by atoms with Gasteiger partial charge in [0.25, 0.3) is 0 Å². The van der Waals surface area contributed by atoms with Crippen LogP contribution in [0.2, 0.25) is 0 Å². The molecule has 0 spiro atoms. The highest BCUT2D eigenvalue weighted by atomic mass is 79.9. The third-order valence-corrected chi connectivity index (χ3v) is 4.02. The Kier molecular flexibility index (Phi) is 5.57. The van der Waals surface area contributed by atoms with Crippen LogP contribution in [0.1, 0.15) is 11.6 Å². The topological polar surface area (TPSA) is 76.7 Å². The van der Waals surface area contributed by atoms with E-state index in [2.05, 4.69) is 33.1 Å². The first-order chi connectivity index (χ1) is 10.5. The molecule has 2 N–H and O–H groups in total. The molecule has 7 heteroatoms. The van der Waals surface area contributed by atoms with E-state index in [0.29, 0.717) is 12.3 Å². The number of benzene rings is 1.